The summed E-state index contributed by atoms with van der Waals surface area (Å²) < 4.78 is 12.4. The number of aromatic nitrogens is 2. The van der Waals surface area contributed by atoms with Crippen LogP contribution in [0.2, 0.25) is 0 Å². The van der Waals surface area contributed by atoms with E-state index in [2.05, 4.69) is 10.3 Å². The second kappa shape index (κ2) is 7.04. The zero-order chi connectivity index (χ0) is 16.9. The van der Waals surface area contributed by atoms with Gasteiger partial charge < -0.3 is 19.4 Å². The summed E-state index contributed by atoms with van der Waals surface area (Å²) in [7, 11) is 3.14. The number of aryl methyl sites for hydroxylation is 1. The fourth-order valence-corrected chi connectivity index (χ4v) is 2.55. The Hall–Kier alpha value is -3.02. The molecule has 0 unspecified atom stereocenters. The smallest absolute Gasteiger partial charge is 0.226 e. The number of fused-ring (bicyclic) bond motifs is 1. The Morgan fingerprint density at radius 2 is 1.92 bits per heavy atom. The summed E-state index contributed by atoms with van der Waals surface area (Å²) in [6.07, 6.45) is 2.11. The lowest BCUT2D eigenvalue weighted by Gasteiger charge is -2.11. The molecule has 6 nitrogen and oxygen atoms in total. The van der Waals surface area contributed by atoms with Crippen molar-refractivity contribution in [1.82, 2.24) is 9.55 Å². The molecule has 24 heavy (non-hydrogen) atoms. The van der Waals surface area contributed by atoms with Crippen molar-refractivity contribution in [3.05, 3.63) is 48.8 Å². The van der Waals surface area contributed by atoms with Gasteiger partial charge in [0.15, 0.2) is 11.5 Å². The third-order valence-electron chi connectivity index (χ3n) is 3.77. The van der Waals surface area contributed by atoms with Crippen LogP contribution >= 0.6 is 0 Å². The highest BCUT2D eigenvalue weighted by Crippen LogP contribution is 2.29. The van der Waals surface area contributed by atoms with Crippen LogP contribution in [0.1, 0.15) is 6.42 Å². The lowest BCUT2D eigenvalue weighted by Crippen LogP contribution is -2.14. The van der Waals surface area contributed by atoms with Crippen molar-refractivity contribution in [2.24, 2.45) is 0 Å². The van der Waals surface area contributed by atoms with E-state index in [1.807, 2.05) is 28.8 Å². The molecule has 2 aromatic carbocycles. The molecule has 3 rings (SSSR count). The largest absolute Gasteiger partial charge is 0.493 e. The molecule has 124 valence electrons. The first kappa shape index (κ1) is 15.9. The molecule has 0 bridgehead atoms. The summed E-state index contributed by atoms with van der Waals surface area (Å²) in [5.74, 6) is 1.14. The number of methoxy groups -OCH3 is 2. The molecular weight excluding hydrogens is 306 g/mol. The molecule has 0 spiro atoms. The summed E-state index contributed by atoms with van der Waals surface area (Å²) in [5.41, 5.74) is 2.63. The van der Waals surface area contributed by atoms with Gasteiger partial charge >= 0.3 is 0 Å². The van der Waals surface area contributed by atoms with Crippen molar-refractivity contribution in [1.29, 1.82) is 0 Å². The number of nitrogens with zero attached hydrogens (tertiary/aromatic N) is 2. The second-order valence-corrected chi connectivity index (χ2v) is 5.29. The standard InChI is InChI=1S/C18H19N3O3/c1-23-16-8-7-13(11-17(16)24-2)20-18(22)9-10-21-12-19-14-5-3-4-6-15(14)21/h3-8,11-12H,9-10H2,1-2H3,(H,20,22). The highest BCUT2D eigenvalue weighted by Gasteiger charge is 2.08. The first-order chi connectivity index (χ1) is 11.7. The summed E-state index contributed by atoms with van der Waals surface area (Å²) in [5, 5.41) is 2.87. The normalized spacial score (nSPS) is 10.6. The van der Waals surface area contributed by atoms with Crippen LogP contribution in [0.4, 0.5) is 5.69 Å². The van der Waals surface area contributed by atoms with Crippen LogP contribution < -0.4 is 14.8 Å². The van der Waals surface area contributed by atoms with Crippen LogP contribution in [0.15, 0.2) is 48.8 Å². The van der Waals surface area contributed by atoms with E-state index in [0.717, 1.165) is 11.0 Å². The quantitative estimate of drug-likeness (QED) is 0.756. The molecule has 3 aromatic rings. The van der Waals surface area contributed by atoms with Crippen LogP contribution in [0.25, 0.3) is 11.0 Å². The average molecular weight is 325 g/mol. The monoisotopic (exact) mass is 325 g/mol. The van der Waals surface area contributed by atoms with Gasteiger partial charge in [-0.05, 0) is 24.3 Å². The Kier molecular flexibility index (Phi) is 4.65. The minimum atomic E-state index is -0.0694. The molecule has 0 radical (unpaired) electrons. The molecule has 1 heterocycles. The van der Waals surface area contributed by atoms with Crippen molar-refractivity contribution in [3.63, 3.8) is 0 Å². The third-order valence-corrected chi connectivity index (χ3v) is 3.77. The highest BCUT2D eigenvalue weighted by molar-refractivity contribution is 5.91. The molecule has 1 aromatic heterocycles. The summed E-state index contributed by atoms with van der Waals surface area (Å²) >= 11 is 0. The van der Waals surface area contributed by atoms with E-state index < -0.39 is 0 Å². The van der Waals surface area contributed by atoms with E-state index in [1.54, 1.807) is 38.7 Å². The van der Waals surface area contributed by atoms with Crippen molar-refractivity contribution in [2.45, 2.75) is 13.0 Å². The molecule has 0 atom stereocenters. The number of anilines is 1. The van der Waals surface area contributed by atoms with Crippen molar-refractivity contribution in [2.75, 3.05) is 19.5 Å². The SMILES string of the molecule is COc1ccc(NC(=O)CCn2cnc3ccccc32)cc1OC. The van der Waals surface area contributed by atoms with Crippen molar-refractivity contribution < 1.29 is 14.3 Å². The molecule has 0 aliphatic rings. The van der Waals surface area contributed by atoms with Gasteiger partial charge in [0.25, 0.3) is 0 Å². The fourth-order valence-electron chi connectivity index (χ4n) is 2.55. The topological polar surface area (TPSA) is 65.4 Å². The van der Waals surface area contributed by atoms with Gasteiger partial charge in [-0.25, -0.2) is 4.98 Å². The number of rotatable bonds is 6. The predicted octanol–water partition coefficient (Wildman–Crippen LogP) is 3.08. The van der Waals surface area contributed by atoms with Crippen molar-refractivity contribution >= 4 is 22.6 Å². The van der Waals surface area contributed by atoms with Gasteiger partial charge in [0.05, 0.1) is 31.6 Å². The van der Waals surface area contributed by atoms with Gasteiger partial charge in [-0.3, -0.25) is 4.79 Å². The Morgan fingerprint density at radius 1 is 1.12 bits per heavy atom. The maximum atomic E-state index is 12.2. The average Bonchev–Trinajstić information content (AvgIpc) is 3.03. The molecule has 6 heteroatoms. The lowest BCUT2D eigenvalue weighted by molar-refractivity contribution is -0.116. The molecule has 0 aliphatic heterocycles. The Balaban J connectivity index is 1.63. The molecule has 0 saturated carbocycles. The van der Waals surface area contributed by atoms with E-state index >= 15 is 0 Å². The fraction of sp³-hybridized carbons (Fsp3) is 0.222. The summed E-state index contributed by atoms with van der Waals surface area (Å²) in [6, 6.07) is 13.1. The van der Waals surface area contributed by atoms with Crippen LogP contribution in [0.5, 0.6) is 11.5 Å². The molecule has 0 saturated heterocycles. The lowest BCUT2D eigenvalue weighted by atomic mass is 10.2. The number of benzene rings is 2. The van der Waals surface area contributed by atoms with Crippen molar-refractivity contribution in [3.8, 4) is 11.5 Å². The minimum Gasteiger partial charge on any atom is -0.493 e. The number of hydrogen-bond acceptors (Lipinski definition) is 4. The van der Waals surface area contributed by atoms with Gasteiger partial charge in [-0.2, -0.15) is 0 Å². The number of imidazole rings is 1. The highest BCUT2D eigenvalue weighted by atomic mass is 16.5. The van der Waals surface area contributed by atoms with Crippen LogP contribution in [0, 0.1) is 0 Å². The first-order valence-electron chi connectivity index (χ1n) is 7.63. The zero-order valence-electron chi connectivity index (χ0n) is 13.7. The van der Waals surface area contributed by atoms with Crippen LogP contribution in [-0.2, 0) is 11.3 Å². The Morgan fingerprint density at radius 3 is 2.71 bits per heavy atom. The van der Waals surface area contributed by atoms with E-state index in [1.165, 1.54) is 0 Å². The number of para-hydroxylation sites is 2. The number of carbonyl (C=O) groups is 1. The van der Waals surface area contributed by atoms with Gasteiger partial charge in [0.2, 0.25) is 5.91 Å². The summed E-state index contributed by atoms with van der Waals surface area (Å²) in [6.45, 7) is 0.569. The van der Waals surface area contributed by atoms with E-state index in [0.29, 0.717) is 30.2 Å². The predicted molar refractivity (Wildman–Crippen MR) is 92.5 cm³/mol. The number of amides is 1. The number of carbonyl (C=O) groups excluding carboxylic acids is 1. The maximum absolute atomic E-state index is 12.2. The molecular formula is C18H19N3O3. The zero-order valence-corrected chi connectivity index (χ0v) is 13.7. The van der Waals surface area contributed by atoms with Crippen LogP contribution in [0.3, 0.4) is 0 Å². The van der Waals surface area contributed by atoms with Gasteiger partial charge in [0.1, 0.15) is 0 Å². The maximum Gasteiger partial charge on any atom is 0.226 e. The minimum absolute atomic E-state index is 0.0694. The Bertz CT molecular complexity index is 858. The van der Waals surface area contributed by atoms with Crippen LogP contribution in [-0.4, -0.2) is 29.7 Å². The van der Waals surface area contributed by atoms with E-state index in [4.69, 9.17) is 9.47 Å². The number of hydrogen-bond donors (Lipinski definition) is 1. The number of nitrogens with one attached hydrogen (secondary N) is 1. The number of ether oxygens (including phenoxy) is 2. The molecule has 1 amide bonds. The van der Waals surface area contributed by atoms with Gasteiger partial charge in [-0.15, -0.1) is 0 Å². The third kappa shape index (κ3) is 3.32. The molecule has 1 N–H and O–H groups in total. The Labute approximate surface area is 140 Å². The van der Waals surface area contributed by atoms with Gasteiger partial charge in [-0.1, -0.05) is 12.1 Å². The van der Waals surface area contributed by atoms with E-state index in [-0.39, 0.29) is 5.91 Å². The summed E-state index contributed by atoms with van der Waals surface area (Å²) in [4.78, 5) is 16.5. The van der Waals surface area contributed by atoms with E-state index in [9.17, 15) is 4.79 Å². The second-order valence-electron chi connectivity index (χ2n) is 5.29. The first-order valence-corrected chi connectivity index (χ1v) is 7.63. The van der Waals surface area contributed by atoms with Gasteiger partial charge in [0, 0.05) is 24.7 Å². The molecule has 0 aliphatic carbocycles. The molecule has 0 fully saturated rings.